The smallest absolute Gasteiger partial charge is 0.329 e. The second-order valence-corrected chi connectivity index (χ2v) is 4.06. The summed E-state index contributed by atoms with van der Waals surface area (Å²) in [5, 5.41) is 61.1. The summed E-state index contributed by atoms with van der Waals surface area (Å²) in [7, 11) is 0. The van der Waals surface area contributed by atoms with Crippen molar-refractivity contribution in [3.05, 3.63) is 50.6 Å². The van der Waals surface area contributed by atoms with Gasteiger partial charge >= 0.3 is 17.6 Å². The first-order valence-electron chi connectivity index (χ1n) is 4.96. The van der Waals surface area contributed by atoms with Crippen LogP contribution in [0.1, 0.15) is 12.8 Å². The maximum absolute atomic E-state index is 13.5. The van der Waals surface area contributed by atoms with Crippen LogP contribution in [-0.4, -0.2) is 47.3 Å². The Morgan fingerprint density at radius 2 is 0.870 bits per heavy atom. The fourth-order valence-electron chi connectivity index (χ4n) is 1.30. The molecule has 0 aliphatic rings. The van der Waals surface area contributed by atoms with Gasteiger partial charge in [-0.2, -0.15) is 0 Å². The fraction of sp³-hybridized carbons (Fsp3) is 1.00. The Labute approximate surface area is 121 Å². The molecule has 0 aliphatic carbocycles. The van der Waals surface area contributed by atoms with Crippen molar-refractivity contribution in [2.24, 2.45) is 0 Å². The molecular weight excluding hydrogens is 344 g/mol. The first kappa shape index (κ1) is 19.8. The van der Waals surface area contributed by atoms with Gasteiger partial charge in [0, 0.05) is 0 Å². The van der Waals surface area contributed by atoms with Gasteiger partial charge in [-0.05, 0) is 0 Å². The van der Waals surface area contributed by atoms with Crippen LogP contribution in [0, 0.1) is 50.6 Å². The Hall–Kier alpha value is -3.18. The van der Waals surface area contributed by atoms with Gasteiger partial charge < -0.3 is 5.11 Å². The lowest BCUT2D eigenvalue weighted by Gasteiger charge is -2.20. The summed E-state index contributed by atoms with van der Waals surface area (Å²) in [6.07, 6.45) is -5.44. The number of aliphatic hydroxyl groups is 1. The van der Waals surface area contributed by atoms with Gasteiger partial charge in [-0.1, -0.05) is 8.78 Å². The van der Waals surface area contributed by atoms with Crippen molar-refractivity contribution >= 4 is 0 Å². The highest BCUT2D eigenvalue weighted by atomic mass is 19.2. The zero-order valence-electron chi connectivity index (χ0n) is 10.4. The molecule has 0 aromatic heterocycles. The highest BCUT2D eigenvalue weighted by Crippen LogP contribution is 2.34. The molecule has 0 radical (unpaired) electrons. The number of rotatable bonds is 9. The van der Waals surface area contributed by atoms with E-state index in [1.807, 2.05) is 0 Å². The molecule has 0 rings (SSSR count). The van der Waals surface area contributed by atoms with Crippen molar-refractivity contribution in [3.8, 4) is 0 Å². The highest BCUT2D eigenvalue weighted by molar-refractivity contribution is 4.75. The predicted octanol–water partition coefficient (Wildman–Crippen LogP) is -0.915. The van der Waals surface area contributed by atoms with Crippen LogP contribution in [0.2, 0.25) is 0 Å². The van der Waals surface area contributed by atoms with Crippen molar-refractivity contribution in [2.75, 3.05) is 0 Å². The van der Waals surface area contributed by atoms with Gasteiger partial charge in [-0.3, -0.25) is 50.6 Å². The third-order valence-corrected chi connectivity index (χ3v) is 2.47. The minimum atomic E-state index is -4.95. The van der Waals surface area contributed by atoms with Crippen LogP contribution >= 0.6 is 0 Å². The van der Waals surface area contributed by atoms with Crippen molar-refractivity contribution in [2.45, 2.75) is 30.4 Å². The molecule has 0 aliphatic heterocycles. The third kappa shape index (κ3) is 3.53. The molecule has 1 N–H and O–H groups in total. The van der Waals surface area contributed by atoms with E-state index in [2.05, 4.69) is 0 Å². The highest BCUT2D eigenvalue weighted by Gasteiger charge is 2.74. The van der Waals surface area contributed by atoms with Gasteiger partial charge in [0.1, 0.15) is 19.7 Å². The van der Waals surface area contributed by atoms with Crippen molar-refractivity contribution in [1.29, 1.82) is 0 Å². The lowest BCUT2D eigenvalue weighted by Crippen LogP contribution is -2.57. The molecule has 23 heavy (non-hydrogen) atoms. The van der Waals surface area contributed by atoms with Gasteiger partial charge in [0.05, 0.1) is 4.92 Å². The number of nitro groups is 5. The number of alkyl halides is 2. The Morgan fingerprint density at radius 1 is 0.652 bits per heavy atom. The van der Waals surface area contributed by atoms with Crippen LogP contribution in [0.4, 0.5) is 8.78 Å². The molecule has 0 aromatic rings. The van der Waals surface area contributed by atoms with Gasteiger partial charge in [-0.15, -0.1) is 0 Å². The number of halogens is 2. The van der Waals surface area contributed by atoms with Crippen LogP contribution < -0.4 is 0 Å². The summed E-state index contributed by atoms with van der Waals surface area (Å²) < 4.78 is 27.1. The zero-order chi connectivity index (χ0) is 18.8. The van der Waals surface area contributed by atoms with E-state index in [1.54, 1.807) is 0 Å². The zero-order valence-corrected chi connectivity index (χ0v) is 10.4. The predicted molar refractivity (Wildman–Crippen MR) is 56.8 cm³/mol. The summed E-state index contributed by atoms with van der Waals surface area (Å²) in [6, 6.07) is 0. The first-order valence-corrected chi connectivity index (χ1v) is 4.96. The minimum Gasteiger partial charge on any atom is -0.329 e. The second-order valence-electron chi connectivity index (χ2n) is 4.06. The molecular formula is C5H5F2N5O11. The SMILES string of the molecule is O=[N+]([O-])C(O)(CC(F)([N+](=O)[O-])[N+](=O)[O-])CC(F)([N+](=O)[O-])[N+](=O)[O-]. The van der Waals surface area contributed by atoms with Gasteiger partial charge in [-0.25, -0.2) is 0 Å². The topological polar surface area (TPSA) is 236 Å². The maximum Gasteiger partial charge on any atom is 0.623 e. The fourth-order valence-corrected chi connectivity index (χ4v) is 1.30. The summed E-state index contributed by atoms with van der Waals surface area (Å²) in [4.78, 5) is 40.3. The van der Waals surface area contributed by atoms with E-state index in [0.29, 0.717) is 0 Å². The monoisotopic (exact) mass is 349 g/mol. The number of hydrogen-bond acceptors (Lipinski definition) is 11. The molecule has 0 amide bonds. The molecule has 0 fully saturated rings. The number of nitrogens with zero attached hydrogens (tertiary/aromatic N) is 5. The molecule has 0 saturated heterocycles. The van der Waals surface area contributed by atoms with Gasteiger partial charge in [0.2, 0.25) is 12.8 Å². The van der Waals surface area contributed by atoms with Crippen molar-refractivity contribution < 1.29 is 38.5 Å². The summed E-state index contributed by atoms with van der Waals surface area (Å²) in [6.45, 7) is 0. The average Bonchev–Trinajstić information content (AvgIpc) is 2.36. The van der Waals surface area contributed by atoms with Crippen molar-refractivity contribution in [3.63, 3.8) is 0 Å². The molecule has 0 heterocycles. The molecule has 130 valence electrons. The van der Waals surface area contributed by atoms with Gasteiger partial charge in [0.25, 0.3) is 0 Å². The summed E-state index contributed by atoms with van der Waals surface area (Å²) in [5.41, 5.74) is -4.40. The summed E-state index contributed by atoms with van der Waals surface area (Å²) >= 11 is 0. The Kier molecular flexibility index (Phi) is 5.09. The Balaban J connectivity index is 6.01. The molecule has 18 heteroatoms. The lowest BCUT2D eigenvalue weighted by molar-refractivity contribution is -0.856. The normalized spacial score (nSPS) is 12.5. The second kappa shape index (κ2) is 5.90. The molecule has 0 aromatic carbocycles. The first-order chi connectivity index (χ1) is 10.1. The van der Waals surface area contributed by atoms with E-state index in [1.165, 1.54) is 0 Å². The summed E-state index contributed by atoms with van der Waals surface area (Å²) in [5.74, 6) is -9.90. The van der Waals surface area contributed by atoms with Crippen molar-refractivity contribution in [1.82, 2.24) is 0 Å². The van der Waals surface area contributed by atoms with Crippen LogP contribution in [-0.2, 0) is 0 Å². The molecule has 16 nitrogen and oxygen atoms in total. The van der Waals surface area contributed by atoms with E-state index in [0.717, 1.165) is 0 Å². The maximum atomic E-state index is 13.5. The van der Waals surface area contributed by atoms with E-state index in [-0.39, 0.29) is 0 Å². The average molecular weight is 349 g/mol. The van der Waals surface area contributed by atoms with Gasteiger partial charge in [0.15, 0.2) is 0 Å². The number of hydrogen-bond donors (Lipinski definition) is 1. The van der Waals surface area contributed by atoms with Crippen LogP contribution in [0.25, 0.3) is 0 Å². The standard InChI is InChI=1S/C5H5F2N5O11/c6-4(9(16)17,10(18)19)1-3(13,8(14)15)2-5(7,11(20)21)12(22)23/h13H,1-2H2. The molecule has 0 bridgehead atoms. The van der Waals surface area contributed by atoms with Crippen LogP contribution in [0.15, 0.2) is 0 Å². The third-order valence-electron chi connectivity index (χ3n) is 2.47. The Bertz CT molecular complexity index is 511. The quantitative estimate of drug-likeness (QED) is 0.231. The Morgan fingerprint density at radius 3 is 1.00 bits per heavy atom. The van der Waals surface area contributed by atoms with E-state index < -0.39 is 55.0 Å². The van der Waals surface area contributed by atoms with E-state index in [9.17, 15) is 64.5 Å². The largest absolute Gasteiger partial charge is 0.623 e. The van der Waals surface area contributed by atoms with Crippen LogP contribution in [0.3, 0.4) is 0 Å². The molecule has 0 unspecified atom stereocenters. The van der Waals surface area contributed by atoms with E-state index >= 15 is 0 Å². The minimum absolute atomic E-state index is 2.14. The molecule has 0 spiro atoms. The molecule has 0 atom stereocenters. The molecule has 0 saturated carbocycles. The van der Waals surface area contributed by atoms with Crippen LogP contribution in [0.5, 0.6) is 0 Å². The lowest BCUT2D eigenvalue weighted by atomic mass is 10.0. The van der Waals surface area contributed by atoms with E-state index in [4.69, 9.17) is 0 Å².